The molecule has 0 bridgehead atoms. The second-order valence-electron chi connectivity index (χ2n) is 7.76. The third-order valence-corrected chi connectivity index (χ3v) is 5.74. The Morgan fingerprint density at radius 2 is 1.67 bits per heavy atom. The van der Waals surface area contributed by atoms with E-state index >= 15 is 0 Å². The Hall–Kier alpha value is -2.46. The van der Waals surface area contributed by atoms with Crippen LogP contribution in [-0.2, 0) is 5.41 Å². The van der Waals surface area contributed by atoms with Crippen molar-refractivity contribution in [1.29, 1.82) is 0 Å². The first-order chi connectivity index (χ1) is 12.9. The molecule has 0 spiro atoms. The van der Waals surface area contributed by atoms with Crippen LogP contribution in [0.25, 0.3) is 0 Å². The van der Waals surface area contributed by atoms with E-state index in [4.69, 9.17) is 11.5 Å². The Morgan fingerprint density at radius 1 is 1.00 bits per heavy atom. The number of nitrogens with two attached hydrogens (primary N) is 2. The van der Waals surface area contributed by atoms with Gasteiger partial charge in [0, 0.05) is 17.3 Å². The van der Waals surface area contributed by atoms with E-state index in [1.54, 1.807) is 18.2 Å². The molecule has 4 heteroatoms. The zero-order chi connectivity index (χ0) is 19.8. The first-order valence-corrected chi connectivity index (χ1v) is 9.69. The van der Waals surface area contributed by atoms with E-state index in [-0.39, 0.29) is 11.6 Å². The van der Waals surface area contributed by atoms with Crippen LogP contribution >= 0.6 is 0 Å². The van der Waals surface area contributed by atoms with Gasteiger partial charge in [-0.2, -0.15) is 0 Å². The monoisotopic (exact) mass is 364 g/mol. The molecule has 0 fully saturated rings. The van der Waals surface area contributed by atoms with Gasteiger partial charge in [-0.15, -0.1) is 0 Å². The van der Waals surface area contributed by atoms with Crippen LogP contribution in [0.1, 0.15) is 77.8 Å². The molecule has 27 heavy (non-hydrogen) atoms. The van der Waals surface area contributed by atoms with Crippen LogP contribution in [0.3, 0.4) is 0 Å². The van der Waals surface area contributed by atoms with Crippen molar-refractivity contribution in [3.8, 4) is 0 Å². The van der Waals surface area contributed by atoms with Crippen molar-refractivity contribution in [3.05, 3.63) is 64.7 Å². The highest BCUT2D eigenvalue weighted by atomic mass is 16.2. The topological polar surface area (TPSA) is 86.2 Å². The van der Waals surface area contributed by atoms with Crippen molar-refractivity contribution in [2.75, 3.05) is 5.73 Å². The zero-order valence-corrected chi connectivity index (χ0v) is 16.3. The van der Waals surface area contributed by atoms with Crippen LogP contribution in [-0.4, -0.2) is 17.6 Å². The van der Waals surface area contributed by atoms with Gasteiger partial charge in [0.25, 0.3) is 0 Å². The van der Waals surface area contributed by atoms with Crippen LogP contribution < -0.4 is 11.5 Å². The molecule has 142 valence electrons. The van der Waals surface area contributed by atoms with E-state index in [1.165, 1.54) is 0 Å². The highest BCUT2D eigenvalue weighted by Crippen LogP contribution is 2.44. The predicted octanol–water partition coefficient (Wildman–Crippen LogP) is 4.23. The summed E-state index contributed by atoms with van der Waals surface area (Å²) >= 11 is 0. The number of Topliss-reactive ketones (excluding diaryl/α,β-unsaturated/α-hetero) is 2. The molecule has 0 amide bonds. The van der Waals surface area contributed by atoms with Crippen molar-refractivity contribution >= 4 is 17.3 Å². The average molecular weight is 364 g/mol. The lowest BCUT2D eigenvalue weighted by Crippen LogP contribution is -2.53. The molecule has 2 aromatic carbocycles. The predicted molar refractivity (Wildman–Crippen MR) is 109 cm³/mol. The number of carbonyl (C=O) groups excluding carboxylic acids is 2. The van der Waals surface area contributed by atoms with Crippen molar-refractivity contribution in [3.63, 3.8) is 0 Å². The van der Waals surface area contributed by atoms with Gasteiger partial charge in [-0.05, 0) is 29.5 Å². The quantitative estimate of drug-likeness (QED) is 0.593. The Morgan fingerprint density at radius 3 is 2.22 bits per heavy atom. The minimum absolute atomic E-state index is 0.226. The van der Waals surface area contributed by atoms with Crippen LogP contribution in [0.2, 0.25) is 0 Å². The molecular weight excluding hydrogens is 336 g/mol. The summed E-state index contributed by atoms with van der Waals surface area (Å²) in [5.41, 5.74) is 14.1. The average Bonchev–Trinajstić information content (AvgIpc) is 2.89. The normalized spacial score (nSPS) is 20.2. The SMILES string of the molecule is CCCCC(N)C1(c2ccc(C(C)C)cc2)C(=O)c2cccc(N)c2C1=O. The van der Waals surface area contributed by atoms with Crippen LogP contribution in [0.4, 0.5) is 5.69 Å². The van der Waals surface area contributed by atoms with Crippen molar-refractivity contribution in [2.24, 2.45) is 5.73 Å². The van der Waals surface area contributed by atoms with Crippen molar-refractivity contribution in [1.82, 2.24) is 0 Å². The number of anilines is 1. The summed E-state index contributed by atoms with van der Waals surface area (Å²) in [6, 6.07) is 12.2. The lowest BCUT2D eigenvalue weighted by molar-refractivity contribution is 0.0761. The van der Waals surface area contributed by atoms with Crippen molar-refractivity contribution < 1.29 is 9.59 Å². The Labute approximate surface area is 160 Å². The molecule has 2 aromatic rings. The summed E-state index contributed by atoms with van der Waals surface area (Å²) < 4.78 is 0. The number of hydrogen-bond donors (Lipinski definition) is 2. The van der Waals surface area contributed by atoms with Crippen molar-refractivity contribution in [2.45, 2.75) is 57.4 Å². The Kier molecular flexibility index (Phi) is 5.20. The van der Waals surface area contributed by atoms with E-state index in [0.29, 0.717) is 34.7 Å². The molecule has 0 aliphatic heterocycles. The summed E-state index contributed by atoms with van der Waals surface area (Å²) in [6.45, 7) is 6.29. The maximum absolute atomic E-state index is 13.6. The number of hydrogen-bond acceptors (Lipinski definition) is 4. The lowest BCUT2D eigenvalue weighted by atomic mass is 9.69. The maximum Gasteiger partial charge on any atom is 0.185 e. The standard InChI is InChI=1S/C23H28N2O2/c1-4-5-9-19(25)23(16-12-10-15(11-13-16)14(2)3)21(26)17-7-6-8-18(24)20(17)22(23)27/h6-8,10-14,19H,4-5,9,24-25H2,1-3H3. The van der Waals surface area contributed by atoms with E-state index in [1.807, 2.05) is 24.3 Å². The maximum atomic E-state index is 13.6. The summed E-state index contributed by atoms with van der Waals surface area (Å²) in [4.78, 5) is 27.1. The molecule has 4 nitrogen and oxygen atoms in total. The van der Waals surface area contributed by atoms with E-state index in [0.717, 1.165) is 18.4 Å². The van der Waals surface area contributed by atoms with Gasteiger partial charge in [-0.1, -0.05) is 70.0 Å². The van der Waals surface area contributed by atoms with Crippen LogP contribution in [0.5, 0.6) is 0 Å². The highest BCUT2D eigenvalue weighted by molar-refractivity contribution is 6.35. The zero-order valence-electron chi connectivity index (χ0n) is 16.3. The minimum Gasteiger partial charge on any atom is -0.398 e. The van der Waals surface area contributed by atoms with E-state index in [2.05, 4.69) is 20.8 Å². The number of carbonyl (C=O) groups is 2. The summed E-state index contributed by atoms with van der Waals surface area (Å²) in [7, 11) is 0. The molecule has 2 atom stereocenters. The fourth-order valence-corrected chi connectivity index (χ4v) is 4.11. The molecule has 4 N–H and O–H groups in total. The second kappa shape index (κ2) is 7.28. The molecule has 0 radical (unpaired) electrons. The van der Waals surface area contributed by atoms with E-state index in [9.17, 15) is 9.59 Å². The van der Waals surface area contributed by atoms with Gasteiger partial charge in [0.2, 0.25) is 0 Å². The number of benzene rings is 2. The lowest BCUT2D eigenvalue weighted by Gasteiger charge is -2.33. The first-order valence-electron chi connectivity index (χ1n) is 9.69. The molecule has 0 saturated carbocycles. The van der Waals surface area contributed by atoms with Crippen LogP contribution in [0.15, 0.2) is 42.5 Å². The minimum atomic E-state index is -1.39. The van der Waals surface area contributed by atoms with Gasteiger partial charge in [0.1, 0.15) is 5.41 Å². The fraction of sp³-hybridized carbons (Fsp3) is 0.391. The molecule has 3 rings (SSSR count). The Bertz CT molecular complexity index is 870. The summed E-state index contributed by atoms with van der Waals surface area (Å²) in [5.74, 6) is -0.121. The van der Waals surface area contributed by atoms with Gasteiger partial charge in [0.15, 0.2) is 11.6 Å². The van der Waals surface area contributed by atoms with Gasteiger partial charge in [0.05, 0.1) is 5.56 Å². The van der Waals surface area contributed by atoms with E-state index < -0.39 is 11.5 Å². The molecular formula is C23H28N2O2. The third-order valence-electron chi connectivity index (χ3n) is 5.74. The largest absolute Gasteiger partial charge is 0.398 e. The highest BCUT2D eigenvalue weighted by Gasteiger charge is 2.58. The first kappa shape index (κ1) is 19.3. The van der Waals surface area contributed by atoms with Gasteiger partial charge < -0.3 is 11.5 Å². The number of rotatable bonds is 6. The number of nitrogen functional groups attached to an aromatic ring is 1. The molecule has 2 unspecified atom stereocenters. The van der Waals surface area contributed by atoms with Gasteiger partial charge >= 0.3 is 0 Å². The van der Waals surface area contributed by atoms with Gasteiger partial charge in [-0.25, -0.2) is 0 Å². The summed E-state index contributed by atoms with van der Waals surface area (Å²) in [6.07, 6.45) is 2.42. The third kappa shape index (κ3) is 2.88. The summed E-state index contributed by atoms with van der Waals surface area (Å²) in [5, 5.41) is 0. The molecule has 1 aliphatic carbocycles. The van der Waals surface area contributed by atoms with Crippen LogP contribution in [0, 0.1) is 0 Å². The molecule has 0 heterocycles. The molecule has 0 aromatic heterocycles. The molecule has 1 aliphatic rings. The second-order valence-corrected chi connectivity index (χ2v) is 7.76. The number of unbranched alkanes of at least 4 members (excludes halogenated alkanes) is 1. The number of ketones is 2. The fourth-order valence-electron chi connectivity index (χ4n) is 4.11. The smallest absolute Gasteiger partial charge is 0.185 e. The Balaban J connectivity index is 2.20. The van der Waals surface area contributed by atoms with Gasteiger partial charge in [-0.3, -0.25) is 9.59 Å². The number of fused-ring (bicyclic) bond motifs is 1. The molecule has 0 saturated heterocycles.